The Balaban J connectivity index is 1.49. The second kappa shape index (κ2) is 6.82. The van der Waals surface area contributed by atoms with Gasteiger partial charge < -0.3 is 14.8 Å². The van der Waals surface area contributed by atoms with Gasteiger partial charge in [0.05, 0.1) is 17.4 Å². The largest absolute Gasteiger partial charge is 0.336 e. The van der Waals surface area contributed by atoms with Gasteiger partial charge in [-0.3, -0.25) is 0 Å². The van der Waals surface area contributed by atoms with Gasteiger partial charge in [-0.25, -0.2) is 14.5 Å². The number of carbonyl (C=O) groups excluding carboxylic acids is 1. The van der Waals surface area contributed by atoms with Crippen molar-refractivity contribution in [1.82, 2.24) is 29.5 Å². The summed E-state index contributed by atoms with van der Waals surface area (Å²) in [6, 6.07) is 9.85. The Kier molecular flexibility index (Phi) is 4.45. The lowest BCUT2D eigenvalue weighted by atomic mass is 9.74. The molecule has 1 aliphatic heterocycles. The molecule has 1 atom stereocenters. The number of imidazole rings is 1. The van der Waals surface area contributed by atoms with Crippen LogP contribution in [0.2, 0.25) is 0 Å². The van der Waals surface area contributed by atoms with Gasteiger partial charge in [0.15, 0.2) is 0 Å². The van der Waals surface area contributed by atoms with E-state index in [2.05, 4.69) is 29.2 Å². The Morgan fingerprint density at radius 3 is 2.68 bits per heavy atom. The van der Waals surface area contributed by atoms with Crippen LogP contribution in [0, 0.1) is 12.3 Å². The van der Waals surface area contributed by atoms with E-state index in [1.807, 2.05) is 70.8 Å². The molecule has 2 amide bonds. The molecule has 0 spiro atoms. The fourth-order valence-electron chi connectivity index (χ4n) is 3.95. The molecule has 2 aromatic heterocycles. The Bertz CT molecular complexity index is 1000. The third-order valence-corrected chi connectivity index (χ3v) is 5.38. The molecule has 1 N–H and O–H groups in total. The number of hydrogen-bond donors (Lipinski definition) is 1. The SMILES string of the molecule is Cc1ccn(-c2ccccc2CNC(=O)N2CC(C)(C)C2c2nccn2C)n1. The topological polar surface area (TPSA) is 68.0 Å². The van der Waals surface area contributed by atoms with Crippen molar-refractivity contribution < 1.29 is 4.79 Å². The zero-order valence-electron chi connectivity index (χ0n) is 16.8. The highest BCUT2D eigenvalue weighted by molar-refractivity contribution is 5.76. The van der Waals surface area contributed by atoms with E-state index in [0.29, 0.717) is 13.1 Å². The van der Waals surface area contributed by atoms with Crippen LogP contribution in [0.25, 0.3) is 5.69 Å². The summed E-state index contributed by atoms with van der Waals surface area (Å²) in [6.45, 7) is 7.45. The van der Waals surface area contributed by atoms with Crippen LogP contribution in [0.4, 0.5) is 4.79 Å². The van der Waals surface area contributed by atoms with Crippen LogP contribution in [-0.4, -0.2) is 36.8 Å². The first-order chi connectivity index (χ1) is 13.4. The number of amides is 2. The molecule has 3 aromatic rings. The van der Waals surface area contributed by atoms with Crippen molar-refractivity contribution in [2.75, 3.05) is 6.54 Å². The summed E-state index contributed by atoms with van der Waals surface area (Å²) in [5, 5.41) is 7.56. The molecule has 146 valence electrons. The van der Waals surface area contributed by atoms with E-state index in [1.54, 1.807) is 6.20 Å². The van der Waals surface area contributed by atoms with Crippen molar-refractivity contribution in [3.8, 4) is 5.69 Å². The predicted octanol–water partition coefficient (Wildman–Crippen LogP) is 3.21. The molecule has 0 aliphatic carbocycles. The second-order valence-corrected chi connectivity index (χ2v) is 8.10. The molecule has 1 fully saturated rings. The monoisotopic (exact) mass is 378 g/mol. The average Bonchev–Trinajstić information content (AvgIpc) is 3.27. The van der Waals surface area contributed by atoms with Crippen LogP contribution in [0.3, 0.4) is 0 Å². The van der Waals surface area contributed by atoms with Crippen LogP contribution in [0.1, 0.15) is 37.0 Å². The van der Waals surface area contributed by atoms with E-state index < -0.39 is 0 Å². The van der Waals surface area contributed by atoms with Crippen LogP contribution in [0.15, 0.2) is 48.9 Å². The molecule has 0 bridgehead atoms. The minimum atomic E-state index is -0.0706. The third-order valence-electron chi connectivity index (χ3n) is 5.38. The van der Waals surface area contributed by atoms with Crippen molar-refractivity contribution in [3.63, 3.8) is 0 Å². The number of nitrogens with zero attached hydrogens (tertiary/aromatic N) is 5. The average molecular weight is 378 g/mol. The molecule has 7 heteroatoms. The highest BCUT2D eigenvalue weighted by Gasteiger charge is 2.50. The van der Waals surface area contributed by atoms with E-state index in [1.165, 1.54) is 0 Å². The number of urea groups is 1. The van der Waals surface area contributed by atoms with E-state index in [4.69, 9.17) is 0 Å². The van der Waals surface area contributed by atoms with Gasteiger partial charge in [-0.05, 0) is 24.6 Å². The van der Waals surface area contributed by atoms with Gasteiger partial charge in [0.2, 0.25) is 0 Å². The van der Waals surface area contributed by atoms with Gasteiger partial charge in [-0.1, -0.05) is 32.0 Å². The highest BCUT2D eigenvalue weighted by atomic mass is 16.2. The molecule has 1 aromatic carbocycles. The first kappa shape index (κ1) is 18.3. The Hall–Kier alpha value is -3.09. The number of nitrogens with one attached hydrogen (secondary N) is 1. The van der Waals surface area contributed by atoms with Crippen LogP contribution < -0.4 is 5.32 Å². The molecule has 1 saturated heterocycles. The molecular weight excluding hydrogens is 352 g/mol. The van der Waals surface area contributed by atoms with Gasteiger partial charge in [0, 0.05) is 44.1 Å². The normalized spacial score (nSPS) is 18.0. The third kappa shape index (κ3) is 3.17. The van der Waals surface area contributed by atoms with E-state index in [9.17, 15) is 4.79 Å². The van der Waals surface area contributed by atoms with Crippen molar-refractivity contribution in [1.29, 1.82) is 0 Å². The summed E-state index contributed by atoms with van der Waals surface area (Å²) in [4.78, 5) is 19.2. The first-order valence-corrected chi connectivity index (χ1v) is 9.49. The zero-order valence-corrected chi connectivity index (χ0v) is 16.8. The van der Waals surface area contributed by atoms with Gasteiger partial charge >= 0.3 is 6.03 Å². The lowest BCUT2D eigenvalue weighted by Gasteiger charge is -2.53. The fourth-order valence-corrected chi connectivity index (χ4v) is 3.95. The van der Waals surface area contributed by atoms with Crippen LogP contribution in [0.5, 0.6) is 0 Å². The highest BCUT2D eigenvalue weighted by Crippen LogP contribution is 2.47. The zero-order chi connectivity index (χ0) is 19.9. The van der Waals surface area contributed by atoms with Gasteiger partial charge in [0.25, 0.3) is 0 Å². The van der Waals surface area contributed by atoms with Crippen molar-refractivity contribution in [3.05, 3.63) is 66.0 Å². The first-order valence-electron chi connectivity index (χ1n) is 9.49. The number of para-hydroxylation sites is 1. The number of hydrogen-bond acceptors (Lipinski definition) is 3. The lowest BCUT2D eigenvalue weighted by molar-refractivity contribution is -0.0230. The van der Waals surface area contributed by atoms with Gasteiger partial charge in [-0.15, -0.1) is 0 Å². The number of aromatic nitrogens is 4. The quantitative estimate of drug-likeness (QED) is 0.758. The van der Waals surface area contributed by atoms with Crippen molar-refractivity contribution in [2.24, 2.45) is 12.5 Å². The smallest absolute Gasteiger partial charge is 0.318 e. The predicted molar refractivity (Wildman–Crippen MR) is 107 cm³/mol. The van der Waals surface area contributed by atoms with Gasteiger partial charge in [-0.2, -0.15) is 5.10 Å². The minimum absolute atomic E-state index is 0.000940. The molecule has 1 unspecified atom stereocenters. The summed E-state index contributed by atoms with van der Waals surface area (Å²) >= 11 is 0. The number of rotatable bonds is 4. The van der Waals surface area contributed by atoms with E-state index in [-0.39, 0.29) is 17.5 Å². The summed E-state index contributed by atoms with van der Waals surface area (Å²) in [5.41, 5.74) is 2.95. The second-order valence-electron chi connectivity index (χ2n) is 8.10. The van der Waals surface area contributed by atoms with Crippen LogP contribution >= 0.6 is 0 Å². The van der Waals surface area contributed by atoms with E-state index in [0.717, 1.165) is 22.8 Å². The Morgan fingerprint density at radius 2 is 2.04 bits per heavy atom. The maximum absolute atomic E-state index is 12.9. The molecule has 1 aliphatic rings. The summed E-state index contributed by atoms with van der Waals surface area (Å²) < 4.78 is 3.83. The molecule has 7 nitrogen and oxygen atoms in total. The number of benzene rings is 1. The summed E-state index contributed by atoms with van der Waals surface area (Å²) in [5.74, 6) is 0.916. The number of carbonyl (C=O) groups is 1. The Labute approximate surface area is 165 Å². The van der Waals surface area contributed by atoms with Crippen molar-refractivity contribution >= 4 is 6.03 Å². The maximum Gasteiger partial charge on any atom is 0.318 e. The standard InChI is InChI=1S/C21H26N6O/c1-15-9-11-27(24-15)17-8-6-5-7-16(17)13-23-20(28)26-14-21(2,3)18(26)19-22-10-12-25(19)4/h5-12,18H,13-14H2,1-4H3,(H,23,28). The van der Waals surface area contributed by atoms with Crippen molar-refractivity contribution in [2.45, 2.75) is 33.4 Å². The summed E-state index contributed by atoms with van der Waals surface area (Å²) in [6.07, 6.45) is 5.63. The summed E-state index contributed by atoms with van der Waals surface area (Å²) in [7, 11) is 1.97. The fraction of sp³-hybridized carbons (Fsp3) is 0.381. The molecule has 0 saturated carbocycles. The maximum atomic E-state index is 12.9. The molecule has 4 rings (SSSR count). The molecule has 28 heavy (non-hydrogen) atoms. The minimum Gasteiger partial charge on any atom is -0.336 e. The van der Waals surface area contributed by atoms with Crippen LogP contribution in [-0.2, 0) is 13.6 Å². The number of aryl methyl sites for hydroxylation is 2. The molecule has 3 heterocycles. The van der Waals surface area contributed by atoms with E-state index >= 15 is 0 Å². The Morgan fingerprint density at radius 1 is 1.25 bits per heavy atom. The molecule has 0 radical (unpaired) electrons. The number of likely N-dealkylation sites (tertiary alicyclic amines) is 1. The van der Waals surface area contributed by atoms with Gasteiger partial charge in [0.1, 0.15) is 5.82 Å². The lowest BCUT2D eigenvalue weighted by Crippen LogP contribution is -2.60. The molecular formula is C21H26N6O.